The Labute approximate surface area is 139 Å². The average molecular weight is 334 g/mol. The number of anilines is 1. The summed E-state index contributed by atoms with van der Waals surface area (Å²) < 4.78 is 10.2. The molecule has 0 aliphatic heterocycles. The molecule has 0 heterocycles. The molecular formula is C17H16ClNO4. The molecule has 0 aromatic heterocycles. The van der Waals surface area contributed by atoms with Gasteiger partial charge in [0.25, 0.3) is 5.91 Å². The summed E-state index contributed by atoms with van der Waals surface area (Å²) in [7, 11) is 1.51. The van der Waals surface area contributed by atoms with E-state index in [1.54, 1.807) is 42.5 Å². The third kappa shape index (κ3) is 4.47. The van der Waals surface area contributed by atoms with Gasteiger partial charge in [-0.05, 0) is 18.2 Å². The van der Waals surface area contributed by atoms with E-state index in [1.807, 2.05) is 6.07 Å². The average Bonchev–Trinajstić information content (AvgIpc) is 2.53. The summed E-state index contributed by atoms with van der Waals surface area (Å²) in [6.45, 7) is 1.26. The van der Waals surface area contributed by atoms with Crippen molar-refractivity contribution in [3.63, 3.8) is 0 Å². The first-order chi connectivity index (χ1) is 11.0. The van der Waals surface area contributed by atoms with Crippen LogP contribution in [0.4, 0.5) is 5.69 Å². The third-order valence-electron chi connectivity index (χ3n) is 3.04. The molecule has 120 valence electrons. The van der Waals surface area contributed by atoms with Crippen LogP contribution in [0.2, 0.25) is 5.02 Å². The fourth-order valence-corrected chi connectivity index (χ4v) is 2.28. The molecule has 0 radical (unpaired) electrons. The van der Waals surface area contributed by atoms with Crippen molar-refractivity contribution in [1.29, 1.82) is 0 Å². The number of ether oxygens (including phenoxy) is 2. The van der Waals surface area contributed by atoms with E-state index in [2.05, 4.69) is 5.32 Å². The number of carbonyl (C=O) groups is 2. The van der Waals surface area contributed by atoms with Crippen LogP contribution in [0, 0.1) is 0 Å². The summed E-state index contributed by atoms with van der Waals surface area (Å²) in [5.74, 6) is -0.501. The van der Waals surface area contributed by atoms with E-state index in [9.17, 15) is 9.59 Å². The highest BCUT2D eigenvalue weighted by molar-refractivity contribution is 6.32. The highest BCUT2D eigenvalue weighted by Crippen LogP contribution is 2.28. The first-order valence-electron chi connectivity index (χ1n) is 6.88. The largest absolute Gasteiger partial charge is 0.495 e. The number of methoxy groups -OCH3 is 1. The van der Waals surface area contributed by atoms with Gasteiger partial charge in [-0.2, -0.15) is 0 Å². The second-order valence-electron chi connectivity index (χ2n) is 4.74. The van der Waals surface area contributed by atoms with Gasteiger partial charge in [0.1, 0.15) is 5.75 Å². The number of halogens is 1. The number of benzene rings is 2. The number of nitrogens with one attached hydrogen (secondary N) is 1. The minimum absolute atomic E-state index is 0.369. The van der Waals surface area contributed by atoms with Gasteiger partial charge in [-0.15, -0.1) is 0 Å². The lowest BCUT2D eigenvalue weighted by Gasteiger charge is -2.17. The van der Waals surface area contributed by atoms with Crippen LogP contribution in [0.3, 0.4) is 0 Å². The molecule has 2 aromatic rings. The molecule has 1 atom stereocenters. The summed E-state index contributed by atoms with van der Waals surface area (Å²) >= 11 is 6.03. The van der Waals surface area contributed by atoms with Gasteiger partial charge in [0.05, 0.1) is 12.1 Å². The molecule has 0 saturated carbocycles. The number of hydrogen-bond donors (Lipinski definition) is 1. The van der Waals surface area contributed by atoms with Gasteiger partial charge < -0.3 is 14.8 Å². The lowest BCUT2D eigenvalue weighted by Crippen LogP contribution is -2.25. The highest BCUT2D eigenvalue weighted by atomic mass is 35.5. The number of esters is 1. The van der Waals surface area contributed by atoms with Crippen molar-refractivity contribution in [3.05, 3.63) is 59.1 Å². The first-order valence-corrected chi connectivity index (χ1v) is 7.25. The van der Waals surface area contributed by atoms with Gasteiger partial charge in [-0.1, -0.05) is 41.9 Å². The Morgan fingerprint density at radius 1 is 1.13 bits per heavy atom. The van der Waals surface area contributed by atoms with Gasteiger partial charge in [-0.25, -0.2) is 0 Å². The minimum atomic E-state index is -1.03. The molecular weight excluding hydrogens is 318 g/mol. The molecule has 0 aliphatic carbocycles. The lowest BCUT2D eigenvalue weighted by molar-refractivity contribution is -0.152. The van der Waals surface area contributed by atoms with Crippen LogP contribution in [-0.2, 0) is 14.3 Å². The predicted molar refractivity (Wildman–Crippen MR) is 87.6 cm³/mol. The zero-order chi connectivity index (χ0) is 16.8. The Morgan fingerprint density at radius 3 is 2.39 bits per heavy atom. The second kappa shape index (κ2) is 7.65. The monoisotopic (exact) mass is 333 g/mol. The van der Waals surface area contributed by atoms with E-state index in [-0.39, 0.29) is 0 Å². The summed E-state index contributed by atoms with van der Waals surface area (Å²) in [5, 5.41) is 3.05. The smallest absolute Gasteiger partial charge is 0.303 e. The van der Waals surface area contributed by atoms with Crippen LogP contribution >= 0.6 is 11.6 Å². The van der Waals surface area contributed by atoms with Crippen LogP contribution in [-0.4, -0.2) is 19.0 Å². The quantitative estimate of drug-likeness (QED) is 0.849. The molecule has 0 fully saturated rings. The maximum absolute atomic E-state index is 12.5. The van der Waals surface area contributed by atoms with E-state index >= 15 is 0 Å². The highest BCUT2D eigenvalue weighted by Gasteiger charge is 2.23. The van der Waals surface area contributed by atoms with Crippen molar-refractivity contribution in [2.24, 2.45) is 0 Å². The van der Waals surface area contributed by atoms with Gasteiger partial charge in [-0.3, -0.25) is 9.59 Å². The molecule has 5 nitrogen and oxygen atoms in total. The molecule has 2 aromatic carbocycles. The summed E-state index contributed by atoms with van der Waals surface area (Å²) in [5.41, 5.74) is 1.06. The van der Waals surface area contributed by atoms with Crippen molar-refractivity contribution in [3.8, 4) is 5.75 Å². The van der Waals surface area contributed by atoms with Gasteiger partial charge in [0.15, 0.2) is 0 Å². The molecule has 23 heavy (non-hydrogen) atoms. The van der Waals surface area contributed by atoms with Crippen molar-refractivity contribution < 1.29 is 19.1 Å². The summed E-state index contributed by atoms with van der Waals surface area (Å²) in [4.78, 5) is 23.7. The molecule has 2 rings (SSSR count). The molecule has 0 bridgehead atoms. The third-order valence-corrected chi connectivity index (χ3v) is 3.34. The fraction of sp³-hybridized carbons (Fsp3) is 0.176. The van der Waals surface area contributed by atoms with E-state index in [0.717, 1.165) is 0 Å². The zero-order valence-corrected chi connectivity index (χ0v) is 13.5. The Kier molecular flexibility index (Phi) is 5.60. The standard InChI is InChI=1S/C17H16ClNO4/c1-11(20)23-16(12-6-4-3-5-7-12)17(21)19-13-8-9-15(22-2)14(18)10-13/h3-10,16H,1-2H3,(H,19,21). The first kappa shape index (κ1) is 16.8. The molecule has 1 N–H and O–H groups in total. The lowest BCUT2D eigenvalue weighted by atomic mass is 10.1. The Bertz CT molecular complexity index is 703. The SMILES string of the molecule is COc1ccc(NC(=O)C(OC(C)=O)c2ccccc2)cc1Cl. The van der Waals surface area contributed by atoms with Crippen LogP contribution in [0.25, 0.3) is 0 Å². The Hall–Kier alpha value is -2.53. The second-order valence-corrected chi connectivity index (χ2v) is 5.15. The van der Waals surface area contributed by atoms with Crippen molar-refractivity contribution in [2.45, 2.75) is 13.0 Å². The molecule has 6 heteroatoms. The summed E-state index contributed by atoms with van der Waals surface area (Å²) in [6.07, 6.45) is -1.03. The van der Waals surface area contributed by atoms with E-state index in [1.165, 1.54) is 14.0 Å². The van der Waals surface area contributed by atoms with E-state index < -0.39 is 18.0 Å². The van der Waals surface area contributed by atoms with Gasteiger partial charge >= 0.3 is 5.97 Å². The number of amides is 1. The maximum Gasteiger partial charge on any atom is 0.303 e. The van der Waals surface area contributed by atoms with Crippen LogP contribution in [0.1, 0.15) is 18.6 Å². The number of hydrogen-bond acceptors (Lipinski definition) is 4. The molecule has 1 unspecified atom stereocenters. The zero-order valence-electron chi connectivity index (χ0n) is 12.7. The number of rotatable bonds is 5. The van der Waals surface area contributed by atoms with Crippen LogP contribution < -0.4 is 10.1 Å². The Morgan fingerprint density at radius 2 is 1.83 bits per heavy atom. The van der Waals surface area contributed by atoms with Gasteiger partial charge in [0.2, 0.25) is 6.10 Å². The molecule has 0 saturated heterocycles. The van der Waals surface area contributed by atoms with E-state index in [0.29, 0.717) is 22.0 Å². The predicted octanol–water partition coefficient (Wildman–Crippen LogP) is 3.59. The van der Waals surface area contributed by atoms with Crippen molar-refractivity contribution >= 4 is 29.2 Å². The Balaban J connectivity index is 2.21. The molecule has 1 amide bonds. The van der Waals surface area contributed by atoms with Crippen molar-refractivity contribution in [2.75, 3.05) is 12.4 Å². The number of carbonyl (C=O) groups excluding carboxylic acids is 2. The molecule has 0 spiro atoms. The van der Waals surface area contributed by atoms with Crippen LogP contribution in [0.15, 0.2) is 48.5 Å². The topological polar surface area (TPSA) is 64.6 Å². The fourth-order valence-electron chi connectivity index (χ4n) is 2.02. The van der Waals surface area contributed by atoms with E-state index in [4.69, 9.17) is 21.1 Å². The normalized spacial score (nSPS) is 11.4. The minimum Gasteiger partial charge on any atom is -0.495 e. The van der Waals surface area contributed by atoms with Crippen LogP contribution in [0.5, 0.6) is 5.75 Å². The maximum atomic E-state index is 12.5. The van der Waals surface area contributed by atoms with Gasteiger partial charge in [0, 0.05) is 18.2 Å². The molecule has 0 aliphatic rings. The summed E-state index contributed by atoms with van der Waals surface area (Å²) in [6, 6.07) is 13.6. The van der Waals surface area contributed by atoms with Crippen molar-refractivity contribution in [1.82, 2.24) is 0 Å².